The normalized spacial score (nSPS) is 18.6. The average Bonchev–Trinajstić information content (AvgIpc) is 3.24. The smallest absolute Gasteiger partial charge is 0.224 e. The summed E-state index contributed by atoms with van der Waals surface area (Å²) >= 11 is 1.73. The van der Waals surface area contributed by atoms with Gasteiger partial charge in [-0.05, 0) is 19.3 Å². The van der Waals surface area contributed by atoms with Crippen LogP contribution in [0, 0.1) is 0 Å². The van der Waals surface area contributed by atoms with Crippen molar-refractivity contribution < 1.29 is 4.79 Å². The molecular weight excluding hydrogens is 298 g/mol. The van der Waals surface area contributed by atoms with Crippen molar-refractivity contribution in [3.05, 3.63) is 28.7 Å². The highest BCUT2D eigenvalue weighted by atomic mass is 32.1. The van der Waals surface area contributed by atoms with Crippen molar-refractivity contribution in [3.8, 4) is 0 Å². The molecule has 22 heavy (non-hydrogen) atoms. The molecule has 3 heterocycles. The zero-order valence-corrected chi connectivity index (χ0v) is 13.6. The van der Waals surface area contributed by atoms with E-state index in [2.05, 4.69) is 22.4 Å². The first kappa shape index (κ1) is 15.1. The third-order valence-electron chi connectivity index (χ3n) is 4.08. The second-order valence-corrected chi connectivity index (χ2v) is 6.51. The van der Waals surface area contributed by atoms with Crippen LogP contribution in [0.25, 0.3) is 0 Å². The number of hydrogen-bond donors (Lipinski definition) is 0. The lowest BCUT2D eigenvalue weighted by Gasteiger charge is -2.32. The highest BCUT2D eigenvalue weighted by Crippen LogP contribution is 2.29. The number of thiazole rings is 1. The van der Waals surface area contributed by atoms with Gasteiger partial charge in [0.1, 0.15) is 12.7 Å². The van der Waals surface area contributed by atoms with E-state index in [0.29, 0.717) is 18.9 Å². The first-order valence-electron chi connectivity index (χ1n) is 7.80. The Labute approximate surface area is 134 Å². The van der Waals surface area contributed by atoms with E-state index >= 15 is 0 Å². The Morgan fingerprint density at radius 1 is 1.50 bits per heavy atom. The van der Waals surface area contributed by atoms with Gasteiger partial charge in [0.15, 0.2) is 0 Å². The number of carbonyl (C=O) groups excluding carboxylic acids is 1. The topological polar surface area (TPSA) is 63.9 Å². The number of hydrogen-bond acceptors (Lipinski definition) is 5. The first-order chi connectivity index (χ1) is 10.8. The van der Waals surface area contributed by atoms with Gasteiger partial charge in [-0.15, -0.1) is 11.3 Å². The van der Waals surface area contributed by atoms with Gasteiger partial charge in [0.05, 0.1) is 17.2 Å². The van der Waals surface area contributed by atoms with Crippen molar-refractivity contribution >= 4 is 17.2 Å². The molecule has 118 valence electrons. The summed E-state index contributed by atoms with van der Waals surface area (Å²) in [6, 6.07) is 0. The summed E-state index contributed by atoms with van der Waals surface area (Å²) in [5.74, 6) is 0.599. The minimum atomic E-state index is 0.201. The number of nitrogens with zero attached hydrogens (tertiary/aromatic N) is 5. The van der Waals surface area contributed by atoms with Gasteiger partial charge < -0.3 is 4.90 Å². The van der Waals surface area contributed by atoms with E-state index in [9.17, 15) is 4.79 Å². The average molecular weight is 319 g/mol. The summed E-state index contributed by atoms with van der Waals surface area (Å²) in [5.41, 5.74) is 1.16. The number of likely N-dealkylation sites (tertiary alicyclic amines) is 1. The summed E-state index contributed by atoms with van der Waals surface area (Å²) < 4.78 is 1.70. The lowest BCUT2D eigenvalue weighted by molar-refractivity contribution is -0.132. The molecule has 0 aromatic carbocycles. The molecule has 0 aliphatic carbocycles. The van der Waals surface area contributed by atoms with Crippen LogP contribution in [0.3, 0.4) is 0 Å². The maximum Gasteiger partial charge on any atom is 0.224 e. The highest BCUT2D eigenvalue weighted by molar-refractivity contribution is 7.09. The number of aromatic nitrogens is 4. The van der Waals surface area contributed by atoms with Crippen molar-refractivity contribution in [1.82, 2.24) is 24.6 Å². The molecule has 1 aliphatic heterocycles. The van der Waals surface area contributed by atoms with Gasteiger partial charge >= 0.3 is 0 Å². The van der Waals surface area contributed by atoms with Crippen LogP contribution in [-0.2, 0) is 17.8 Å². The Morgan fingerprint density at radius 3 is 3.14 bits per heavy atom. The Bertz CT molecular complexity index is 609. The SMILES string of the molecule is CCc1csc(C2CCCN(C(=O)CCn3cncn3)C2)n1. The first-order valence-corrected chi connectivity index (χ1v) is 8.68. The molecule has 1 atom stereocenters. The molecule has 0 spiro atoms. The van der Waals surface area contributed by atoms with Gasteiger partial charge in [-0.25, -0.2) is 9.97 Å². The Morgan fingerprint density at radius 2 is 2.41 bits per heavy atom. The third-order valence-corrected chi connectivity index (χ3v) is 5.13. The number of amides is 1. The van der Waals surface area contributed by atoms with Crippen molar-refractivity contribution in [1.29, 1.82) is 0 Å². The molecule has 0 bridgehead atoms. The molecule has 1 unspecified atom stereocenters. The van der Waals surface area contributed by atoms with E-state index in [-0.39, 0.29) is 5.91 Å². The number of aryl methyl sites for hydroxylation is 2. The maximum atomic E-state index is 12.4. The molecule has 1 amide bonds. The van der Waals surface area contributed by atoms with E-state index in [1.54, 1.807) is 22.3 Å². The molecule has 0 N–H and O–H groups in total. The van der Waals surface area contributed by atoms with E-state index in [4.69, 9.17) is 4.98 Å². The van der Waals surface area contributed by atoms with Crippen LogP contribution >= 0.6 is 11.3 Å². The maximum absolute atomic E-state index is 12.4. The van der Waals surface area contributed by atoms with Crippen molar-refractivity contribution in [3.63, 3.8) is 0 Å². The Kier molecular flexibility index (Phi) is 4.82. The lowest BCUT2D eigenvalue weighted by atomic mass is 9.98. The Hall–Kier alpha value is -1.76. The fourth-order valence-corrected chi connectivity index (χ4v) is 3.83. The molecule has 3 rings (SSSR count). The molecule has 1 saturated heterocycles. The van der Waals surface area contributed by atoms with Crippen molar-refractivity contribution in [2.45, 2.75) is 45.1 Å². The predicted octanol–water partition coefficient (Wildman–Crippen LogP) is 2.09. The number of carbonyl (C=O) groups is 1. The second-order valence-electron chi connectivity index (χ2n) is 5.62. The summed E-state index contributed by atoms with van der Waals surface area (Å²) in [7, 11) is 0. The summed E-state index contributed by atoms with van der Waals surface area (Å²) in [5, 5.41) is 7.36. The molecule has 0 radical (unpaired) electrons. The van der Waals surface area contributed by atoms with Crippen molar-refractivity contribution in [2.24, 2.45) is 0 Å². The summed E-state index contributed by atoms with van der Waals surface area (Å²) in [6.45, 7) is 4.38. The quantitative estimate of drug-likeness (QED) is 0.846. The fourth-order valence-electron chi connectivity index (χ4n) is 2.79. The zero-order chi connectivity index (χ0) is 15.4. The van der Waals surface area contributed by atoms with Crippen LogP contribution in [0.15, 0.2) is 18.0 Å². The summed E-state index contributed by atoms with van der Waals surface area (Å²) in [6.07, 6.45) is 6.78. The fraction of sp³-hybridized carbons (Fsp3) is 0.600. The van der Waals surface area contributed by atoms with Gasteiger partial charge in [-0.2, -0.15) is 5.10 Å². The molecule has 7 heteroatoms. The van der Waals surface area contributed by atoms with E-state index in [1.165, 1.54) is 11.3 Å². The van der Waals surface area contributed by atoms with Crippen LogP contribution in [0.4, 0.5) is 0 Å². The van der Waals surface area contributed by atoms with E-state index in [0.717, 1.165) is 38.0 Å². The van der Waals surface area contributed by atoms with Gasteiger partial charge in [-0.3, -0.25) is 9.48 Å². The van der Waals surface area contributed by atoms with Crippen LogP contribution in [0.1, 0.15) is 42.8 Å². The Balaban J connectivity index is 1.56. The van der Waals surface area contributed by atoms with Gasteiger partial charge in [0, 0.05) is 30.8 Å². The van der Waals surface area contributed by atoms with Gasteiger partial charge in [0.2, 0.25) is 5.91 Å². The van der Waals surface area contributed by atoms with Crippen LogP contribution in [-0.4, -0.2) is 43.6 Å². The minimum absolute atomic E-state index is 0.201. The molecule has 0 saturated carbocycles. The lowest BCUT2D eigenvalue weighted by Crippen LogP contribution is -2.39. The molecule has 2 aromatic rings. The van der Waals surface area contributed by atoms with Crippen molar-refractivity contribution in [2.75, 3.05) is 13.1 Å². The monoisotopic (exact) mass is 319 g/mol. The van der Waals surface area contributed by atoms with Crippen LogP contribution in [0.5, 0.6) is 0 Å². The zero-order valence-electron chi connectivity index (χ0n) is 12.8. The minimum Gasteiger partial charge on any atom is -0.342 e. The molecular formula is C15H21N5OS. The predicted molar refractivity (Wildman–Crippen MR) is 84.7 cm³/mol. The number of rotatable bonds is 5. The molecule has 1 fully saturated rings. The van der Waals surface area contributed by atoms with E-state index in [1.807, 2.05) is 4.90 Å². The van der Waals surface area contributed by atoms with Crippen LogP contribution in [0.2, 0.25) is 0 Å². The van der Waals surface area contributed by atoms with Gasteiger partial charge in [0.25, 0.3) is 0 Å². The number of piperidine rings is 1. The van der Waals surface area contributed by atoms with E-state index < -0.39 is 0 Å². The van der Waals surface area contributed by atoms with Crippen LogP contribution < -0.4 is 0 Å². The standard InChI is InChI=1S/C15H21N5OS/c1-2-13-9-22-15(18-13)12-4-3-6-19(8-12)14(21)5-7-20-11-16-10-17-20/h9-12H,2-8H2,1H3. The summed E-state index contributed by atoms with van der Waals surface area (Å²) in [4.78, 5) is 22.9. The molecule has 2 aromatic heterocycles. The third kappa shape index (κ3) is 3.52. The van der Waals surface area contributed by atoms with Gasteiger partial charge in [-0.1, -0.05) is 6.92 Å². The second kappa shape index (κ2) is 7.00. The molecule has 6 nitrogen and oxygen atoms in total. The highest BCUT2D eigenvalue weighted by Gasteiger charge is 2.26. The largest absolute Gasteiger partial charge is 0.342 e. The molecule has 1 aliphatic rings.